The number of hydrogen-bond acceptors (Lipinski definition) is 3. The van der Waals surface area contributed by atoms with Crippen LogP contribution in [0.5, 0.6) is 0 Å². The van der Waals surface area contributed by atoms with Crippen LogP contribution in [0.15, 0.2) is 0 Å². The van der Waals surface area contributed by atoms with Gasteiger partial charge in [-0.25, -0.2) is 0 Å². The molecule has 0 fully saturated rings. The maximum absolute atomic E-state index is 8.87. The molecule has 0 rings (SSSR count). The first-order valence-corrected chi connectivity index (χ1v) is 2.53. The highest BCUT2D eigenvalue weighted by atomic mass is 16.5. The van der Waals surface area contributed by atoms with E-state index in [-0.39, 0.29) is 0 Å². The van der Waals surface area contributed by atoms with E-state index in [1.807, 2.05) is 5.92 Å². The zero-order valence-corrected chi connectivity index (χ0v) is 5.42. The van der Waals surface area contributed by atoms with E-state index in [2.05, 4.69) is 5.92 Å². The van der Waals surface area contributed by atoms with E-state index in [1.165, 1.54) is 13.8 Å². The summed E-state index contributed by atoms with van der Waals surface area (Å²) in [5, 5.41) is 25.2. The molecule has 3 heteroatoms. The molecule has 0 aliphatic heterocycles. The van der Waals surface area contributed by atoms with Crippen molar-refractivity contribution < 1.29 is 15.3 Å². The molecular weight excluding hydrogens is 120 g/mol. The van der Waals surface area contributed by atoms with Crippen LogP contribution in [-0.2, 0) is 0 Å². The van der Waals surface area contributed by atoms with Crippen LogP contribution in [0.4, 0.5) is 0 Å². The fraction of sp³-hybridized carbons (Fsp3) is 0.667. The molecule has 0 saturated carbocycles. The fourth-order valence-electron chi connectivity index (χ4n) is 0.241. The van der Waals surface area contributed by atoms with Gasteiger partial charge < -0.3 is 15.3 Å². The van der Waals surface area contributed by atoms with Gasteiger partial charge in [-0.15, -0.1) is 0 Å². The van der Waals surface area contributed by atoms with Gasteiger partial charge in [-0.1, -0.05) is 5.92 Å². The lowest BCUT2D eigenvalue weighted by Crippen LogP contribution is -2.15. The quantitative estimate of drug-likeness (QED) is 0.293. The number of rotatable bonds is 0. The molecule has 0 amide bonds. The van der Waals surface area contributed by atoms with Crippen molar-refractivity contribution in [1.82, 2.24) is 0 Å². The maximum atomic E-state index is 8.87. The Labute approximate surface area is 53.9 Å². The second-order valence-corrected chi connectivity index (χ2v) is 2.20. The Morgan fingerprint density at radius 3 is 1.89 bits per heavy atom. The van der Waals surface area contributed by atoms with Gasteiger partial charge in [0, 0.05) is 0 Å². The van der Waals surface area contributed by atoms with Gasteiger partial charge in [-0.3, -0.25) is 0 Å². The number of aliphatic hydroxyl groups excluding tert-OH is 1. The van der Waals surface area contributed by atoms with Crippen LogP contribution in [0.2, 0.25) is 0 Å². The van der Waals surface area contributed by atoms with E-state index in [9.17, 15) is 0 Å². The fourth-order valence-corrected chi connectivity index (χ4v) is 0.241. The Morgan fingerprint density at radius 2 is 1.78 bits per heavy atom. The average molecular weight is 130 g/mol. The minimum Gasteiger partial charge on any atom is -0.378 e. The Balaban J connectivity index is 3.88. The molecule has 0 aromatic heterocycles. The molecule has 0 aromatic carbocycles. The van der Waals surface area contributed by atoms with Crippen LogP contribution in [0, 0.1) is 11.8 Å². The Morgan fingerprint density at radius 1 is 1.33 bits per heavy atom. The second-order valence-electron chi connectivity index (χ2n) is 2.20. The highest BCUT2D eigenvalue weighted by Crippen LogP contribution is 1.95. The summed E-state index contributed by atoms with van der Waals surface area (Å²) < 4.78 is 0. The van der Waals surface area contributed by atoms with Crippen LogP contribution in [-0.4, -0.2) is 27.2 Å². The van der Waals surface area contributed by atoms with Gasteiger partial charge in [0.25, 0.3) is 0 Å². The van der Waals surface area contributed by atoms with Crippen molar-refractivity contribution in [3.05, 3.63) is 0 Å². The summed E-state index contributed by atoms with van der Waals surface area (Å²) in [6, 6.07) is 0. The predicted octanol–water partition coefficient (Wildman–Crippen LogP) is -0.929. The largest absolute Gasteiger partial charge is 0.378 e. The summed E-state index contributed by atoms with van der Waals surface area (Å²) in [4.78, 5) is 0. The van der Waals surface area contributed by atoms with E-state index in [4.69, 9.17) is 15.3 Å². The molecule has 0 unspecified atom stereocenters. The van der Waals surface area contributed by atoms with Crippen molar-refractivity contribution in [3.8, 4) is 11.8 Å². The lowest BCUT2D eigenvalue weighted by Gasteiger charge is -2.05. The summed E-state index contributed by atoms with van der Waals surface area (Å²) >= 11 is 0. The predicted molar refractivity (Wildman–Crippen MR) is 32.3 cm³/mol. The lowest BCUT2D eigenvalue weighted by atomic mass is 10.1. The van der Waals surface area contributed by atoms with Crippen LogP contribution < -0.4 is 0 Å². The van der Waals surface area contributed by atoms with Crippen molar-refractivity contribution in [3.63, 3.8) is 0 Å². The third kappa shape index (κ3) is 7.44. The topological polar surface area (TPSA) is 60.7 Å². The summed E-state index contributed by atoms with van der Waals surface area (Å²) in [5.41, 5.74) is -1.15. The Kier molecular flexibility index (Phi) is 2.65. The van der Waals surface area contributed by atoms with Crippen molar-refractivity contribution >= 4 is 0 Å². The van der Waals surface area contributed by atoms with Crippen molar-refractivity contribution in [2.24, 2.45) is 0 Å². The molecule has 3 N–H and O–H groups in total. The number of aliphatic hydroxyl groups is 3. The SMILES string of the molecule is CC(C)(O)C#CC(O)O. The molecule has 0 radical (unpaired) electrons. The minimum absolute atomic E-state index is 1.15. The zero-order valence-electron chi connectivity index (χ0n) is 5.42. The highest BCUT2D eigenvalue weighted by molar-refractivity contribution is 5.11. The molecule has 3 nitrogen and oxygen atoms in total. The summed E-state index contributed by atoms with van der Waals surface area (Å²) in [6.07, 6.45) is -1.66. The Bertz CT molecular complexity index is 133. The minimum atomic E-state index is -1.66. The molecule has 0 heterocycles. The van der Waals surface area contributed by atoms with Crippen LogP contribution in [0.25, 0.3) is 0 Å². The lowest BCUT2D eigenvalue weighted by molar-refractivity contribution is 0.00998. The van der Waals surface area contributed by atoms with Gasteiger partial charge in [-0.2, -0.15) is 0 Å². The number of hydrogen-bond donors (Lipinski definition) is 3. The first kappa shape index (κ1) is 8.44. The molecule has 0 aliphatic carbocycles. The van der Waals surface area contributed by atoms with E-state index in [0.29, 0.717) is 0 Å². The first-order valence-electron chi connectivity index (χ1n) is 2.53. The third-order valence-corrected chi connectivity index (χ3v) is 0.507. The van der Waals surface area contributed by atoms with E-state index in [1.54, 1.807) is 0 Å². The smallest absolute Gasteiger partial charge is 0.217 e. The van der Waals surface area contributed by atoms with Gasteiger partial charge in [0.15, 0.2) is 0 Å². The normalized spacial score (nSPS) is 10.9. The van der Waals surface area contributed by atoms with E-state index in [0.717, 1.165) is 0 Å². The zero-order chi connectivity index (χ0) is 7.49. The molecule has 0 aliphatic rings. The summed E-state index contributed by atoms with van der Waals surface area (Å²) in [6.45, 7) is 2.92. The van der Waals surface area contributed by atoms with Gasteiger partial charge in [0.1, 0.15) is 5.60 Å². The first-order chi connectivity index (χ1) is 3.92. The molecule has 0 atom stereocenters. The van der Waals surface area contributed by atoms with Gasteiger partial charge in [0.05, 0.1) is 0 Å². The van der Waals surface area contributed by atoms with Crippen molar-refractivity contribution in [2.75, 3.05) is 0 Å². The summed E-state index contributed by atoms with van der Waals surface area (Å²) in [5.74, 6) is 4.22. The van der Waals surface area contributed by atoms with Gasteiger partial charge >= 0.3 is 0 Å². The van der Waals surface area contributed by atoms with Crippen LogP contribution in [0.3, 0.4) is 0 Å². The molecule has 9 heavy (non-hydrogen) atoms. The summed E-state index contributed by atoms with van der Waals surface area (Å²) in [7, 11) is 0. The second kappa shape index (κ2) is 2.83. The Hall–Kier alpha value is -0.560. The van der Waals surface area contributed by atoms with Gasteiger partial charge in [-0.05, 0) is 19.8 Å². The average Bonchev–Trinajstić information content (AvgIpc) is 1.59. The monoisotopic (exact) mass is 130 g/mol. The molecule has 0 bridgehead atoms. The third-order valence-electron chi connectivity index (χ3n) is 0.507. The van der Waals surface area contributed by atoms with Crippen molar-refractivity contribution in [1.29, 1.82) is 0 Å². The van der Waals surface area contributed by atoms with Gasteiger partial charge in [0.2, 0.25) is 6.29 Å². The highest BCUT2D eigenvalue weighted by Gasteiger charge is 2.05. The maximum Gasteiger partial charge on any atom is 0.217 e. The molecule has 0 spiro atoms. The van der Waals surface area contributed by atoms with E-state index >= 15 is 0 Å². The van der Waals surface area contributed by atoms with Crippen LogP contribution >= 0.6 is 0 Å². The molecular formula is C6H10O3. The molecule has 0 aromatic rings. The molecule has 52 valence electrons. The molecule has 0 saturated heterocycles. The van der Waals surface area contributed by atoms with E-state index < -0.39 is 11.9 Å². The van der Waals surface area contributed by atoms with Crippen LogP contribution in [0.1, 0.15) is 13.8 Å². The standard InChI is InChI=1S/C6H10O3/c1-6(2,9)4-3-5(7)8/h5,7-9H,1-2H3. The van der Waals surface area contributed by atoms with Crippen molar-refractivity contribution in [2.45, 2.75) is 25.7 Å².